The fourth-order valence-corrected chi connectivity index (χ4v) is 3.34. The van der Waals surface area contributed by atoms with E-state index in [1.165, 1.54) is 6.42 Å². The normalized spacial score (nSPS) is 17.7. The number of ether oxygens (including phenoxy) is 1. The smallest absolute Gasteiger partial charge is 0.138 e. The van der Waals surface area contributed by atoms with Gasteiger partial charge in [0.25, 0.3) is 0 Å². The Hall–Kier alpha value is -0.580. The summed E-state index contributed by atoms with van der Waals surface area (Å²) in [5.74, 6) is 0.861. The number of nitrogens with one attached hydrogen (secondary N) is 1. The van der Waals surface area contributed by atoms with Crippen LogP contribution in [-0.2, 0) is 6.54 Å². The van der Waals surface area contributed by atoms with Crippen LogP contribution in [0.5, 0.6) is 5.75 Å². The fraction of sp³-hybridized carbons (Fsp3) is 0.647. The number of aliphatic hydroxyl groups is 1. The molecule has 0 atom stereocenters. The van der Waals surface area contributed by atoms with Crippen molar-refractivity contribution in [3.05, 3.63) is 28.2 Å². The minimum Gasteiger partial charge on any atom is -0.489 e. The van der Waals surface area contributed by atoms with E-state index in [-0.39, 0.29) is 0 Å². The van der Waals surface area contributed by atoms with Crippen LogP contribution in [0.2, 0.25) is 0 Å². The molecular weight excluding hydrogens is 330 g/mol. The fourth-order valence-electron chi connectivity index (χ4n) is 2.81. The molecule has 21 heavy (non-hydrogen) atoms. The first-order valence-electron chi connectivity index (χ1n) is 7.98. The maximum absolute atomic E-state index is 10.6. The molecule has 1 aliphatic carbocycles. The molecule has 0 aromatic heterocycles. The van der Waals surface area contributed by atoms with Crippen LogP contribution in [0.3, 0.4) is 0 Å². The second kappa shape index (κ2) is 8.16. The number of benzene rings is 1. The van der Waals surface area contributed by atoms with Gasteiger partial charge in [-0.2, -0.15) is 0 Å². The molecule has 0 spiro atoms. The van der Waals surface area contributed by atoms with Gasteiger partial charge in [-0.1, -0.05) is 38.3 Å². The van der Waals surface area contributed by atoms with Crippen LogP contribution in [0.1, 0.15) is 51.0 Å². The largest absolute Gasteiger partial charge is 0.489 e. The highest BCUT2D eigenvalue weighted by atomic mass is 79.9. The Morgan fingerprint density at radius 2 is 2.05 bits per heavy atom. The minimum absolute atomic E-state index is 0.385. The zero-order valence-corrected chi connectivity index (χ0v) is 14.4. The summed E-state index contributed by atoms with van der Waals surface area (Å²) in [7, 11) is 0. The molecule has 3 nitrogen and oxygen atoms in total. The van der Waals surface area contributed by atoms with E-state index in [1.54, 1.807) is 0 Å². The van der Waals surface area contributed by atoms with Crippen LogP contribution >= 0.6 is 15.9 Å². The summed E-state index contributed by atoms with van der Waals surface area (Å²) >= 11 is 3.56. The van der Waals surface area contributed by atoms with Crippen molar-refractivity contribution in [3.8, 4) is 5.75 Å². The van der Waals surface area contributed by atoms with Gasteiger partial charge in [0.15, 0.2) is 0 Å². The van der Waals surface area contributed by atoms with E-state index < -0.39 is 5.60 Å². The summed E-state index contributed by atoms with van der Waals surface area (Å²) in [6.45, 7) is 4.33. The van der Waals surface area contributed by atoms with Gasteiger partial charge in [0.05, 0.1) is 10.1 Å². The van der Waals surface area contributed by atoms with Crippen molar-refractivity contribution in [2.24, 2.45) is 0 Å². The summed E-state index contributed by atoms with van der Waals surface area (Å²) in [6, 6.07) is 6.09. The topological polar surface area (TPSA) is 41.5 Å². The molecule has 0 bridgehead atoms. The average molecular weight is 356 g/mol. The Bertz CT molecular complexity index is 444. The molecular formula is C17H26BrNO2. The van der Waals surface area contributed by atoms with E-state index in [9.17, 15) is 5.11 Å². The molecule has 0 saturated heterocycles. The molecule has 0 amide bonds. The third kappa shape index (κ3) is 4.97. The Labute approximate surface area is 136 Å². The van der Waals surface area contributed by atoms with Gasteiger partial charge >= 0.3 is 0 Å². The summed E-state index contributed by atoms with van der Waals surface area (Å²) in [5.41, 5.74) is 0.485. The van der Waals surface area contributed by atoms with E-state index in [0.29, 0.717) is 6.61 Å². The molecule has 1 aliphatic rings. The van der Waals surface area contributed by atoms with Crippen LogP contribution in [0.4, 0.5) is 0 Å². The highest BCUT2D eigenvalue weighted by Crippen LogP contribution is 2.33. The van der Waals surface area contributed by atoms with Crippen molar-refractivity contribution in [1.82, 2.24) is 5.32 Å². The Morgan fingerprint density at radius 1 is 1.29 bits per heavy atom. The van der Waals surface area contributed by atoms with Crippen LogP contribution < -0.4 is 10.1 Å². The maximum atomic E-state index is 10.6. The monoisotopic (exact) mass is 355 g/mol. The summed E-state index contributed by atoms with van der Waals surface area (Å²) in [6.07, 6.45) is 6.23. The standard InChI is InChI=1S/C17H26BrNO2/c1-2-11-19-12-14-7-6-8-15(18)16(14)21-13-17(20)9-4-3-5-10-17/h6-8,19-20H,2-5,9-13H2,1H3. The van der Waals surface area contributed by atoms with Crippen LogP contribution in [0, 0.1) is 0 Å². The molecule has 4 heteroatoms. The second-order valence-corrected chi connectivity index (χ2v) is 6.83. The molecule has 1 saturated carbocycles. The average Bonchev–Trinajstić information content (AvgIpc) is 2.47. The third-order valence-corrected chi connectivity index (χ3v) is 4.68. The van der Waals surface area contributed by atoms with E-state index in [2.05, 4.69) is 34.2 Å². The first kappa shape index (κ1) is 16.8. The van der Waals surface area contributed by atoms with Crippen molar-refractivity contribution in [2.75, 3.05) is 13.2 Å². The highest BCUT2D eigenvalue weighted by Gasteiger charge is 2.30. The number of hydrogen-bond donors (Lipinski definition) is 2. The minimum atomic E-state index is -0.651. The molecule has 2 N–H and O–H groups in total. The van der Waals surface area contributed by atoms with Crippen molar-refractivity contribution in [2.45, 2.75) is 57.6 Å². The highest BCUT2D eigenvalue weighted by molar-refractivity contribution is 9.10. The van der Waals surface area contributed by atoms with Gasteiger partial charge in [0, 0.05) is 12.1 Å². The summed E-state index contributed by atoms with van der Waals surface area (Å²) < 4.78 is 6.96. The van der Waals surface area contributed by atoms with Gasteiger partial charge in [-0.15, -0.1) is 0 Å². The van der Waals surface area contributed by atoms with E-state index in [0.717, 1.165) is 61.0 Å². The summed E-state index contributed by atoms with van der Waals surface area (Å²) in [5, 5.41) is 14.0. The number of rotatable bonds is 7. The van der Waals surface area contributed by atoms with Crippen LogP contribution in [0.15, 0.2) is 22.7 Å². The summed E-state index contributed by atoms with van der Waals surface area (Å²) in [4.78, 5) is 0. The van der Waals surface area contributed by atoms with Gasteiger partial charge in [-0.25, -0.2) is 0 Å². The van der Waals surface area contributed by atoms with E-state index >= 15 is 0 Å². The lowest BCUT2D eigenvalue weighted by molar-refractivity contribution is -0.0343. The molecule has 0 aliphatic heterocycles. The second-order valence-electron chi connectivity index (χ2n) is 5.98. The van der Waals surface area contributed by atoms with Crippen LogP contribution in [0.25, 0.3) is 0 Å². The molecule has 0 radical (unpaired) electrons. The van der Waals surface area contributed by atoms with Gasteiger partial charge < -0.3 is 15.2 Å². The first-order valence-corrected chi connectivity index (χ1v) is 8.77. The SMILES string of the molecule is CCCNCc1cccc(Br)c1OCC1(O)CCCCC1. The van der Waals surface area contributed by atoms with Crippen molar-refractivity contribution in [1.29, 1.82) is 0 Å². The zero-order valence-electron chi connectivity index (χ0n) is 12.8. The lowest BCUT2D eigenvalue weighted by Crippen LogP contribution is -2.38. The zero-order chi connectivity index (χ0) is 15.1. The predicted molar refractivity (Wildman–Crippen MR) is 89.7 cm³/mol. The number of para-hydroxylation sites is 1. The Kier molecular flexibility index (Phi) is 6.52. The number of hydrogen-bond acceptors (Lipinski definition) is 3. The van der Waals surface area contributed by atoms with Gasteiger partial charge in [0.2, 0.25) is 0 Å². The van der Waals surface area contributed by atoms with Gasteiger partial charge in [-0.3, -0.25) is 0 Å². The maximum Gasteiger partial charge on any atom is 0.138 e. The lowest BCUT2D eigenvalue weighted by Gasteiger charge is -2.32. The predicted octanol–water partition coefficient (Wildman–Crippen LogP) is 4.02. The van der Waals surface area contributed by atoms with Gasteiger partial charge in [0.1, 0.15) is 12.4 Å². The van der Waals surface area contributed by atoms with Crippen LogP contribution in [-0.4, -0.2) is 23.9 Å². The quantitative estimate of drug-likeness (QED) is 0.725. The van der Waals surface area contributed by atoms with E-state index in [4.69, 9.17) is 4.74 Å². The molecule has 1 aromatic carbocycles. The van der Waals surface area contributed by atoms with Crippen molar-refractivity contribution in [3.63, 3.8) is 0 Å². The number of halogens is 1. The Morgan fingerprint density at radius 3 is 2.76 bits per heavy atom. The molecule has 0 unspecified atom stereocenters. The van der Waals surface area contributed by atoms with Crippen molar-refractivity contribution < 1.29 is 9.84 Å². The lowest BCUT2D eigenvalue weighted by atomic mass is 9.85. The molecule has 118 valence electrons. The van der Waals surface area contributed by atoms with Gasteiger partial charge in [-0.05, 0) is 47.8 Å². The molecule has 1 aromatic rings. The Balaban J connectivity index is 2.00. The first-order chi connectivity index (χ1) is 10.1. The van der Waals surface area contributed by atoms with Crippen molar-refractivity contribution >= 4 is 15.9 Å². The molecule has 0 heterocycles. The van der Waals surface area contributed by atoms with E-state index in [1.807, 2.05) is 12.1 Å². The molecule has 1 fully saturated rings. The third-order valence-electron chi connectivity index (χ3n) is 4.06. The molecule has 2 rings (SSSR count).